The van der Waals surface area contributed by atoms with E-state index in [1.165, 1.54) is 37.9 Å². The molecular weight excluding hydrogens is 346 g/mol. The van der Waals surface area contributed by atoms with E-state index in [0.29, 0.717) is 13.2 Å². The van der Waals surface area contributed by atoms with Crippen molar-refractivity contribution in [3.63, 3.8) is 0 Å². The number of likely N-dealkylation sites (tertiary alicyclic amines) is 1. The van der Waals surface area contributed by atoms with Crippen molar-refractivity contribution in [1.82, 2.24) is 4.90 Å². The van der Waals surface area contributed by atoms with Crippen LogP contribution in [0.3, 0.4) is 0 Å². The minimum absolute atomic E-state index is 0.0160. The van der Waals surface area contributed by atoms with Crippen molar-refractivity contribution in [3.05, 3.63) is 23.8 Å². The predicted octanol–water partition coefficient (Wildman–Crippen LogP) is 2.65. The van der Waals surface area contributed by atoms with E-state index in [0.717, 1.165) is 18.0 Å². The Hall–Kier alpha value is -1.99. The highest BCUT2D eigenvalue weighted by Crippen LogP contribution is 2.33. The topological polar surface area (TPSA) is 100 Å². The van der Waals surface area contributed by atoms with Crippen LogP contribution < -0.4 is 20.9 Å². The van der Waals surface area contributed by atoms with E-state index in [1.807, 2.05) is 6.07 Å². The van der Waals surface area contributed by atoms with E-state index in [2.05, 4.69) is 21.8 Å². The van der Waals surface area contributed by atoms with Gasteiger partial charge in [0, 0.05) is 13.1 Å². The Morgan fingerprint density at radius 2 is 1.93 bits per heavy atom. The lowest BCUT2D eigenvalue weighted by atomic mass is 10.1. The van der Waals surface area contributed by atoms with Crippen LogP contribution in [0.5, 0.6) is 11.5 Å². The van der Waals surface area contributed by atoms with Gasteiger partial charge in [0.2, 0.25) is 0 Å². The molecule has 27 heavy (non-hydrogen) atoms. The molecule has 0 aromatic heterocycles. The van der Waals surface area contributed by atoms with Crippen molar-refractivity contribution >= 4 is 6.09 Å². The minimum atomic E-state index is -0.725. The van der Waals surface area contributed by atoms with Gasteiger partial charge < -0.3 is 25.7 Å². The number of piperidine rings is 1. The molecular formula is C20H33N3O4. The van der Waals surface area contributed by atoms with Gasteiger partial charge in [0.25, 0.3) is 0 Å². The molecule has 152 valence electrons. The van der Waals surface area contributed by atoms with Gasteiger partial charge in [0.1, 0.15) is 18.3 Å². The molecule has 0 saturated carbocycles. The number of nitrogens with zero attached hydrogens (tertiary/aromatic N) is 1. The van der Waals surface area contributed by atoms with E-state index in [1.54, 1.807) is 20.8 Å². The van der Waals surface area contributed by atoms with Crippen LogP contribution in [0.25, 0.3) is 0 Å². The number of primary amides is 1. The van der Waals surface area contributed by atoms with Crippen molar-refractivity contribution in [1.29, 1.82) is 0 Å². The number of fused-ring (bicyclic) bond motifs is 1. The highest BCUT2D eigenvalue weighted by molar-refractivity contribution is 5.65. The quantitative estimate of drug-likeness (QED) is 0.837. The zero-order valence-electron chi connectivity index (χ0n) is 16.7. The Kier molecular flexibility index (Phi) is 7.74. The molecule has 7 heteroatoms. The average molecular weight is 380 g/mol. The van der Waals surface area contributed by atoms with Crippen LogP contribution in [-0.2, 0) is 11.3 Å². The normalized spacial score (nSPS) is 19.6. The maximum absolute atomic E-state index is 10.0. The predicted molar refractivity (Wildman–Crippen MR) is 105 cm³/mol. The number of nitrogens with two attached hydrogens (primary N) is 2. The van der Waals surface area contributed by atoms with Gasteiger partial charge >= 0.3 is 6.09 Å². The molecule has 2 heterocycles. The summed E-state index contributed by atoms with van der Waals surface area (Å²) in [4.78, 5) is 12.5. The molecule has 1 amide bonds. The van der Waals surface area contributed by atoms with E-state index in [-0.39, 0.29) is 6.10 Å². The van der Waals surface area contributed by atoms with Crippen LogP contribution in [-0.4, -0.2) is 48.9 Å². The van der Waals surface area contributed by atoms with Crippen LogP contribution in [0.1, 0.15) is 45.6 Å². The van der Waals surface area contributed by atoms with Crippen molar-refractivity contribution < 1.29 is 19.0 Å². The minimum Gasteiger partial charge on any atom is -0.486 e. The number of amides is 1. The monoisotopic (exact) mass is 379 g/mol. The molecule has 2 aliphatic heterocycles. The molecule has 0 aliphatic carbocycles. The van der Waals surface area contributed by atoms with Gasteiger partial charge in [0.15, 0.2) is 11.5 Å². The van der Waals surface area contributed by atoms with Crippen LogP contribution in [0.4, 0.5) is 4.79 Å². The third-order valence-corrected chi connectivity index (χ3v) is 4.25. The smallest absolute Gasteiger partial charge is 0.405 e. The second kappa shape index (κ2) is 9.80. The third-order valence-electron chi connectivity index (χ3n) is 4.25. The third kappa shape index (κ3) is 7.64. The first kappa shape index (κ1) is 21.3. The van der Waals surface area contributed by atoms with Crippen molar-refractivity contribution in [2.45, 2.75) is 58.3 Å². The fraction of sp³-hybridized carbons (Fsp3) is 0.650. The van der Waals surface area contributed by atoms with Crippen LogP contribution in [0, 0.1) is 0 Å². The summed E-state index contributed by atoms with van der Waals surface area (Å²) in [6, 6.07) is 6.26. The van der Waals surface area contributed by atoms with Crippen molar-refractivity contribution in [2.75, 3.05) is 26.2 Å². The lowest BCUT2D eigenvalue weighted by Gasteiger charge is -2.28. The lowest BCUT2D eigenvalue weighted by Crippen LogP contribution is -2.35. The summed E-state index contributed by atoms with van der Waals surface area (Å²) < 4.78 is 16.1. The summed E-state index contributed by atoms with van der Waals surface area (Å²) in [5.41, 5.74) is 11.2. The summed E-state index contributed by atoms with van der Waals surface area (Å²) in [6.45, 7) is 9.75. The molecule has 2 aliphatic rings. The SMILES string of the molecule is CC(C)(C)OC(N)=O.NCC1COc2ccc(CN3CCCCC3)cc2O1. The highest BCUT2D eigenvalue weighted by Gasteiger charge is 2.20. The Balaban J connectivity index is 0.000000279. The van der Waals surface area contributed by atoms with Gasteiger partial charge in [-0.25, -0.2) is 4.79 Å². The number of benzene rings is 1. The van der Waals surface area contributed by atoms with E-state index in [9.17, 15) is 4.79 Å². The van der Waals surface area contributed by atoms with Crippen LogP contribution in [0.2, 0.25) is 0 Å². The fourth-order valence-electron chi connectivity index (χ4n) is 3.05. The average Bonchev–Trinajstić information content (AvgIpc) is 2.60. The van der Waals surface area contributed by atoms with Gasteiger partial charge in [-0.3, -0.25) is 4.90 Å². The van der Waals surface area contributed by atoms with Gasteiger partial charge in [-0.2, -0.15) is 0 Å². The van der Waals surface area contributed by atoms with E-state index >= 15 is 0 Å². The summed E-state index contributed by atoms with van der Waals surface area (Å²) in [6.07, 6.45) is 3.27. The first-order chi connectivity index (χ1) is 12.8. The molecule has 1 saturated heterocycles. The summed E-state index contributed by atoms with van der Waals surface area (Å²) >= 11 is 0. The fourth-order valence-corrected chi connectivity index (χ4v) is 3.05. The Morgan fingerprint density at radius 1 is 1.22 bits per heavy atom. The maximum atomic E-state index is 10.0. The molecule has 1 atom stereocenters. The van der Waals surface area contributed by atoms with Gasteiger partial charge in [-0.15, -0.1) is 0 Å². The van der Waals surface area contributed by atoms with Gasteiger partial charge in [-0.05, 0) is 64.4 Å². The molecule has 1 fully saturated rings. The molecule has 4 N–H and O–H groups in total. The first-order valence-corrected chi connectivity index (χ1v) is 9.60. The summed E-state index contributed by atoms with van der Waals surface area (Å²) in [5, 5.41) is 0. The van der Waals surface area contributed by atoms with Gasteiger partial charge in [0.05, 0.1) is 0 Å². The van der Waals surface area contributed by atoms with Gasteiger partial charge in [-0.1, -0.05) is 12.5 Å². The zero-order valence-corrected chi connectivity index (χ0v) is 16.7. The standard InChI is InChI=1S/C15H22N2O2.C5H11NO2/c16-9-13-11-18-14-5-4-12(8-15(14)19-13)10-17-6-2-1-3-7-17;1-5(2,3)8-4(6)7/h4-5,8,13H,1-3,6-7,9-11,16H2;1-3H3,(H2,6,7). The highest BCUT2D eigenvalue weighted by atomic mass is 16.6. The number of carbonyl (C=O) groups excluding carboxylic acids is 1. The maximum Gasteiger partial charge on any atom is 0.405 e. The van der Waals surface area contributed by atoms with Crippen molar-refractivity contribution in [3.8, 4) is 11.5 Å². The Labute approximate surface area is 161 Å². The van der Waals surface area contributed by atoms with Crippen LogP contribution >= 0.6 is 0 Å². The summed E-state index contributed by atoms with van der Waals surface area (Å²) in [7, 11) is 0. The molecule has 1 unspecified atom stereocenters. The number of rotatable bonds is 3. The van der Waals surface area contributed by atoms with Crippen molar-refractivity contribution in [2.24, 2.45) is 11.5 Å². The molecule has 3 rings (SSSR count). The molecule has 7 nitrogen and oxygen atoms in total. The lowest BCUT2D eigenvalue weighted by molar-refractivity contribution is 0.0600. The molecule has 0 radical (unpaired) electrons. The zero-order chi connectivity index (χ0) is 19.9. The Morgan fingerprint density at radius 3 is 2.48 bits per heavy atom. The second-order valence-electron chi connectivity index (χ2n) is 7.94. The number of hydrogen-bond acceptors (Lipinski definition) is 6. The first-order valence-electron chi connectivity index (χ1n) is 9.60. The molecule has 1 aromatic rings. The molecule has 0 bridgehead atoms. The number of carbonyl (C=O) groups is 1. The van der Waals surface area contributed by atoms with Crippen LogP contribution in [0.15, 0.2) is 18.2 Å². The second-order valence-corrected chi connectivity index (χ2v) is 7.94. The largest absolute Gasteiger partial charge is 0.486 e. The number of ether oxygens (including phenoxy) is 3. The Bertz CT molecular complexity index is 610. The van der Waals surface area contributed by atoms with E-state index in [4.69, 9.17) is 20.9 Å². The summed E-state index contributed by atoms with van der Waals surface area (Å²) in [5.74, 6) is 1.68. The molecule has 0 spiro atoms. The molecule has 1 aromatic carbocycles. The number of hydrogen-bond donors (Lipinski definition) is 2. The van der Waals surface area contributed by atoms with E-state index < -0.39 is 11.7 Å².